The van der Waals surface area contributed by atoms with Crippen LogP contribution in [0.5, 0.6) is 0 Å². The molecule has 6 nitrogen and oxygen atoms in total. The zero-order valence-electron chi connectivity index (χ0n) is 11.3. The second-order valence-electron chi connectivity index (χ2n) is 4.23. The van der Waals surface area contributed by atoms with Crippen molar-refractivity contribution in [2.75, 3.05) is 17.2 Å². The Morgan fingerprint density at radius 1 is 1.30 bits per heavy atom. The lowest BCUT2D eigenvalue weighted by atomic mass is 10.2. The third kappa shape index (κ3) is 3.65. The molecule has 0 atom stereocenters. The first-order chi connectivity index (χ1) is 9.83. The van der Waals surface area contributed by atoms with Crippen molar-refractivity contribution < 1.29 is 0 Å². The minimum absolute atomic E-state index is 0.484. The molecule has 2 rings (SSSR count). The molecule has 1 aromatic heterocycles. The molecule has 0 aliphatic heterocycles. The van der Waals surface area contributed by atoms with E-state index in [-0.39, 0.29) is 0 Å². The molecule has 2 aromatic rings. The maximum absolute atomic E-state index is 9.04. The van der Waals surface area contributed by atoms with Crippen molar-refractivity contribution >= 4 is 17.5 Å². The summed E-state index contributed by atoms with van der Waals surface area (Å²) in [5.41, 5.74) is 1.27. The van der Waals surface area contributed by atoms with Gasteiger partial charge in [0, 0.05) is 6.54 Å². The lowest BCUT2D eigenvalue weighted by Crippen LogP contribution is -2.07. The first-order valence-electron chi connectivity index (χ1n) is 6.53. The molecular weight excluding hydrogens is 252 g/mol. The predicted molar refractivity (Wildman–Crippen MR) is 77.7 cm³/mol. The summed E-state index contributed by atoms with van der Waals surface area (Å²) in [6.07, 6.45) is 3.69. The maximum atomic E-state index is 9.04. The molecule has 6 heteroatoms. The second-order valence-corrected chi connectivity index (χ2v) is 4.23. The number of aromatic nitrogens is 3. The molecule has 102 valence electrons. The third-order valence-corrected chi connectivity index (χ3v) is 2.68. The summed E-state index contributed by atoms with van der Waals surface area (Å²) >= 11 is 0. The van der Waals surface area contributed by atoms with Crippen LogP contribution < -0.4 is 10.6 Å². The minimum atomic E-state index is 0.484. The second kappa shape index (κ2) is 7.04. The molecule has 1 heterocycles. The monoisotopic (exact) mass is 268 g/mol. The summed E-state index contributed by atoms with van der Waals surface area (Å²) < 4.78 is 0. The topological polar surface area (TPSA) is 86.5 Å². The standard InChI is InChI=1S/C14H16N6/c1-2-3-8-16-14-19-13(10-17-20-14)18-12-7-5-4-6-11(12)9-15/h4-7,10H,2-3,8H2,1H3,(H2,16,18,19,20). The van der Waals surface area contributed by atoms with Crippen molar-refractivity contribution in [1.82, 2.24) is 15.2 Å². The molecule has 0 bridgehead atoms. The van der Waals surface area contributed by atoms with E-state index in [1.807, 2.05) is 18.2 Å². The number of hydrogen-bond donors (Lipinski definition) is 2. The third-order valence-electron chi connectivity index (χ3n) is 2.68. The van der Waals surface area contributed by atoms with Crippen molar-refractivity contribution in [3.63, 3.8) is 0 Å². The van der Waals surface area contributed by atoms with E-state index < -0.39 is 0 Å². The van der Waals surface area contributed by atoms with Gasteiger partial charge in [0.15, 0.2) is 5.82 Å². The number of nitriles is 1. The van der Waals surface area contributed by atoms with Crippen LogP contribution in [-0.4, -0.2) is 21.7 Å². The van der Waals surface area contributed by atoms with E-state index in [0.29, 0.717) is 23.0 Å². The number of benzene rings is 1. The Kier molecular flexibility index (Phi) is 4.84. The van der Waals surface area contributed by atoms with Crippen LogP contribution in [0.2, 0.25) is 0 Å². The Hall–Kier alpha value is -2.68. The van der Waals surface area contributed by atoms with Crippen molar-refractivity contribution in [3.8, 4) is 6.07 Å². The van der Waals surface area contributed by atoms with Gasteiger partial charge in [0.2, 0.25) is 5.95 Å². The Labute approximate surface area is 117 Å². The highest BCUT2D eigenvalue weighted by molar-refractivity contribution is 5.64. The Morgan fingerprint density at radius 3 is 2.95 bits per heavy atom. The van der Waals surface area contributed by atoms with Crippen LogP contribution in [-0.2, 0) is 0 Å². The van der Waals surface area contributed by atoms with Gasteiger partial charge in [-0.3, -0.25) is 0 Å². The maximum Gasteiger partial charge on any atom is 0.244 e. The summed E-state index contributed by atoms with van der Waals surface area (Å²) in [6, 6.07) is 9.38. The van der Waals surface area contributed by atoms with Gasteiger partial charge in [-0.1, -0.05) is 25.5 Å². The summed E-state index contributed by atoms with van der Waals surface area (Å²) in [6.45, 7) is 2.94. The highest BCUT2D eigenvalue weighted by Gasteiger charge is 2.04. The fourth-order valence-corrected chi connectivity index (χ4v) is 1.64. The molecule has 0 unspecified atom stereocenters. The number of unbranched alkanes of at least 4 members (excludes halogenated alkanes) is 1. The average molecular weight is 268 g/mol. The molecule has 20 heavy (non-hydrogen) atoms. The molecule has 0 spiro atoms. The van der Waals surface area contributed by atoms with E-state index in [0.717, 1.165) is 19.4 Å². The molecule has 0 saturated carbocycles. The van der Waals surface area contributed by atoms with Crippen LogP contribution in [0.3, 0.4) is 0 Å². The van der Waals surface area contributed by atoms with Gasteiger partial charge in [0.25, 0.3) is 0 Å². The fraction of sp³-hybridized carbons (Fsp3) is 0.286. The Bertz CT molecular complexity index is 605. The van der Waals surface area contributed by atoms with Crippen molar-refractivity contribution in [1.29, 1.82) is 5.26 Å². The first-order valence-corrected chi connectivity index (χ1v) is 6.53. The van der Waals surface area contributed by atoms with Crippen LogP contribution in [0.1, 0.15) is 25.3 Å². The van der Waals surface area contributed by atoms with E-state index in [4.69, 9.17) is 5.26 Å². The predicted octanol–water partition coefficient (Wildman–Crippen LogP) is 2.70. The molecule has 0 amide bonds. The average Bonchev–Trinajstić information content (AvgIpc) is 2.48. The molecule has 0 radical (unpaired) electrons. The van der Waals surface area contributed by atoms with E-state index in [1.165, 1.54) is 6.20 Å². The molecule has 2 N–H and O–H groups in total. The molecule has 0 saturated heterocycles. The Balaban J connectivity index is 2.10. The number of nitrogens with zero attached hydrogens (tertiary/aromatic N) is 4. The van der Waals surface area contributed by atoms with Crippen LogP contribution in [0.15, 0.2) is 30.5 Å². The number of nitrogens with one attached hydrogen (secondary N) is 2. The normalized spacial score (nSPS) is 9.80. The number of para-hydroxylation sites is 1. The van der Waals surface area contributed by atoms with Crippen molar-refractivity contribution in [3.05, 3.63) is 36.0 Å². The summed E-state index contributed by atoms with van der Waals surface area (Å²) in [5.74, 6) is 1.04. The minimum Gasteiger partial charge on any atom is -0.353 e. The highest BCUT2D eigenvalue weighted by atomic mass is 15.3. The zero-order valence-corrected chi connectivity index (χ0v) is 11.3. The summed E-state index contributed by atoms with van der Waals surface area (Å²) in [7, 11) is 0. The largest absolute Gasteiger partial charge is 0.353 e. The van der Waals surface area contributed by atoms with Gasteiger partial charge in [-0.15, -0.1) is 5.10 Å². The molecular formula is C14H16N6. The van der Waals surface area contributed by atoms with Gasteiger partial charge in [-0.2, -0.15) is 15.3 Å². The molecule has 1 aromatic carbocycles. The first kappa shape index (κ1) is 13.7. The van der Waals surface area contributed by atoms with Crippen LogP contribution in [0.25, 0.3) is 0 Å². The van der Waals surface area contributed by atoms with E-state index in [9.17, 15) is 0 Å². The van der Waals surface area contributed by atoms with Crippen LogP contribution in [0.4, 0.5) is 17.5 Å². The van der Waals surface area contributed by atoms with Gasteiger partial charge in [0.05, 0.1) is 17.4 Å². The summed E-state index contributed by atoms with van der Waals surface area (Å²) in [5, 5.41) is 23.0. The zero-order chi connectivity index (χ0) is 14.2. The van der Waals surface area contributed by atoms with Gasteiger partial charge < -0.3 is 10.6 Å². The number of anilines is 3. The quantitative estimate of drug-likeness (QED) is 0.783. The van der Waals surface area contributed by atoms with Crippen molar-refractivity contribution in [2.45, 2.75) is 19.8 Å². The highest BCUT2D eigenvalue weighted by Crippen LogP contribution is 2.18. The van der Waals surface area contributed by atoms with E-state index in [1.54, 1.807) is 6.07 Å². The summed E-state index contributed by atoms with van der Waals surface area (Å²) in [4.78, 5) is 4.31. The SMILES string of the molecule is CCCCNc1nncc(Nc2ccccc2C#N)n1. The smallest absolute Gasteiger partial charge is 0.244 e. The van der Waals surface area contributed by atoms with Gasteiger partial charge in [-0.25, -0.2) is 0 Å². The van der Waals surface area contributed by atoms with Gasteiger partial charge in [-0.05, 0) is 18.6 Å². The van der Waals surface area contributed by atoms with E-state index >= 15 is 0 Å². The molecule has 0 aliphatic carbocycles. The molecule has 0 fully saturated rings. The molecule has 0 aliphatic rings. The van der Waals surface area contributed by atoms with Crippen LogP contribution >= 0.6 is 0 Å². The van der Waals surface area contributed by atoms with Gasteiger partial charge in [0.1, 0.15) is 6.07 Å². The lowest BCUT2D eigenvalue weighted by Gasteiger charge is -2.08. The lowest BCUT2D eigenvalue weighted by molar-refractivity contribution is 0.819. The number of rotatable bonds is 6. The van der Waals surface area contributed by atoms with E-state index in [2.05, 4.69) is 38.8 Å². The van der Waals surface area contributed by atoms with Crippen LogP contribution in [0, 0.1) is 11.3 Å². The fourth-order valence-electron chi connectivity index (χ4n) is 1.64. The Morgan fingerprint density at radius 2 is 2.15 bits per heavy atom. The number of hydrogen-bond acceptors (Lipinski definition) is 6. The van der Waals surface area contributed by atoms with Crippen molar-refractivity contribution in [2.24, 2.45) is 0 Å². The van der Waals surface area contributed by atoms with Gasteiger partial charge >= 0.3 is 0 Å².